The highest BCUT2D eigenvalue weighted by Gasteiger charge is 2.17. The third-order valence-corrected chi connectivity index (χ3v) is 5.51. The molecule has 0 aromatic carbocycles. The Kier molecular flexibility index (Phi) is 4.54. The first-order valence-electron chi connectivity index (χ1n) is 6.32. The van der Waals surface area contributed by atoms with E-state index in [4.69, 9.17) is 0 Å². The van der Waals surface area contributed by atoms with Gasteiger partial charge in [-0.3, -0.25) is 0 Å². The lowest BCUT2D eigenvalue weighted by Crippen LogP contribution is -2.18. The lowest BCUT2D eigenvalue weighted by molar-refractivity contribution is 0.602. The summed E-state index contributed by atoms with van der Waals surface area (Å²) in [5.41, 5.74) is 1.17. The van der Waals surface area contributed by atoms with Crippen LogP contribution in [0.4, 0.5) is 0 Å². The Morgan fingerprint density at radius 3 is 2.44 bits per heavy atom. The molecule has 98 valence electrons. The summed E-state index contributed by atoms with van der Waals surface area (Å²) in [4.78, 5) is 8.83. The van der Waals surface area contributed by atoms with Crippen LogP contribution in [0.5, 0.6) is 0 Å². The van der Waals surface area contributed by atoms with Crippen molar-refractivity contribution in [3.05, 3.63) is 37.5 Å². The lowest BCUT2D eigenvalue weighted by Gasteiger charge is -2.14. The van der Waals surface area contributed by atoms with Crippen molar-refractivity contribution in [3.63, 3.8) is 0 Å². The molecule has 4 heteroatoms. The molecule has 0 saturated heterocycles. The number of thiophene rings is 1. The molecule has 0 aliphatic carbocycles. The minimum Gasteiger partial charge on any atom is -0.312 e. The second-order valence-electron chi connectivity index (χ2n) is 4.45. The van der Waals surface area contributed by atoms with Gasteiger partial charge >= 0.3 is 0 Å². The summed E-state index contributed by atoms with van der Waals surface area (Å²) in [5.74, 6) is 0. The highest BCUT2D eigenvalue weighted by molar-refractivity contribution is 7.12. The summed E-state index contributed by atoms with van der Waals surface area (Å²) in [6.45, 7) is 6.39. The average molecular weight is 280 g/mol. The van der Waals surface area contributed by atoms with Gasteiger partial charge in [-0.1, -0.05) is 6.92 Å². The third-order valence-electron chi connectivity index (χ3n) is 3.08. The van der Waals surface area contributed by atoms with Gasteiger partial charge in [0.15, 0.2) is 0 Å². The summed E-state index contributed by atoms with van der Waals surface area (Å²) >= 11 is 3.74. The Morgan fingerprint density at radius 2 is 1.94 bits per heavy atom. The van der Waals surface area contributed by atoms with Crippen LogP contribution in [-0.4, -0.2) is 12.0 Å². The average Bonchev–Trinajstić information content (AvgIpc) is 2.92. The van der Waals surface area contributed by atoms with Gasteiger partial charge in [-0.25, -0.2) is 4.98 Å². The predicted octanol–water partition coefficient (Wildman–Crippen LogP) is 3.89. The Morgan fingerprint density at radius 1 is 1.22 bits per heavy atom. The fourth-order valence-corrected chi connectivity index (χ4v) is 4.16. The first-order chi connectivity index (χ1) is 8.63. The molecular formula is C14H20N2S2. The molecule has 0 saturated carbocycles. The number of aryl methyl sites for hydroxylation is 3. The summed E-state index contributed by atoms with van der Waals surface area (Å²) in [6.07, 6.45) is 2.19. The van der Waals surface area contributed by atoms with Gasteiger partial charge in [0.2, 0.25) is 0 Å². The van der Waals surface area contributed by atoms with Gasteiger partial charge in [0.05, 0.1) is 10.7 Å². The minimum atomic E-state index is 0.388. The predicted molar refractivity (Wildman–Crippen MR) is 80.8 cm³/mol. The highest BCUT2D eigenvalue weighted by atomic mass is 32.1. The van der Waals surface area contributed by atoms with E-state index in [1.165, 1.54) is 20.3 Å². The zero-order valence-corrected chi connectivity index (χ0v) is 13.0. The Hall–Kier alpha value is -0.710. The maximum atomic E-state index is 4.52. The van der Waals surface area contributed by atoms with Crippen LogP contribution in [0, 0.1) is 13.8 Å². The quantitative estimate of drug-likeness (QED) is 0.899. The number of hydrogen-bond acceptors (Lipinski definition) is 4. The molecule has 0 aliphatic rings. The Bertz CT molecular complexity index is 514. The summed E-state index contributed by atoms with van der Waals surface area (Å²) in [5, 5.41) is 4.58. The van der Waals surface area contributed by atoms with Gasteiger partial charge in [-0.05, 0) is 39.4 Å². The number of thiazole rings is 1. The number of aromatic nitrogens is 1. The van der Waals surface area contributed by atoms with Gasteiger partial charge in [-0.2, -0.15) is 0 Å². The molecule has 18 heavy (non-hydrogen) atoms. The molecule has 0 radical (unpaired) electrons. The topological polar surface area (TPSA) is 24.9 Å². The van der Waals surface area contributed by atoms with E-state index < -0.39 is 0 Å². The molecule has 0 fully saturated rings. The second kappa shape index (κ2) is 5.95. The van der Waals surface area contributed by atoms with Crippen LogP contribution in [0.1, 0.15) is 38.3 Å². The van der Waals surface area contributed by atoms with Gasteiger partial charge in [0.1, 0.15) is 0 Å². The number of hydrogen-bond donors (Lipinski definition) is 1. The molecule has 2 aromatic rings. The number of nitrogens with zero attached hydrogens (tertiary/aromatic N) is 1. The molecule has 0 amide bonds. The van der Waals surface area contributed by atoms with Crippen molar-refractivity contribution in [2.75, 3.05) is 7.05 Å². The monoisotopic (exact) mass is 280 g/mol. The van der Waals surface area contributed by atoms with E-state index in [2.05, 4.69) is 43.2 Å². The maximum Gasteiger partial charge on any atom is 0.0900 e. The normalized spacial score (nSPS) is 12.9. The van der Waals surface area contributed by atoms with E-state index in [-0.39, 0.29) is 0 Å². The van der Waals surface area contributed by atoms with E-state index in [0.717, 1.165) is 17.8 Å². The molecule has 2 aromatic heterocycles. The first-order valence-corrected chi connectivity index (χ1v) is 7.96. The fourth-order valence-electron chi connectivity index (χ4n) is 2.12. The zero-order chi connectivity index (χ0) is 13.1. The zero-order valence-electron chi connectivity index (χ0n) is 11.4. The van der Waals surface area contributed by atoms with Crippen LogP contribution in [0.3, 0.4) is 0 Å². The minimum absolute atomic E-state index is 0.388. The Labute approximate surface area is 117 Å². The smallest absolute Gasteiger partial charge is 0.0900 e. The standard InChI is InChI=1S/C14H20N2S2/c1-5-11-6-7-12(18-11)8-13(15-4)14-9(2)16-10(3)17-14/h6-7,13,15H,5,8H2,1-4H3. The molecule has 0 aliphatic heterocycles. The molecular weight excluding hydrogens is 260 g/mol. The van der Waals surface area contributed by atoms with E-state index in [1.807, 2.05) is 29.7 Å². The maximum absolute atomic E-state index is 4.52. The molecule has 2 rings (SSSR count). The van der Waals surface area contributed by atoms with Gasteiger partial charge in [-0.15, -0.1) is 22.7 Å². The van der Waals surface area contributed by atoms with Crippen LogP contribution in [0.2, 0.25) is 0 Å². The van der Waals surface area contributed by atoms with E-state index >= 15 is 0 Å². The van der Waals surface area contributed by atoms with E-state index in [9.17, 15) is 0 Å². The van der Waals surface area contributed by atoms with Gasteiger partial charge in [0.25, 0.3) is 0 Å². The fraction of sp³-hybridized carbons (Fsp3) is 0.500. The third kappa shape index (κ3) is 2.99. The van der Waals surface area contributed by atoms with Crippen molar-refractivity contribution < 1.29 is 0 Å². The highest BCUT2D eigenvalue weighted by Crippen LogP contribution is 2.29. The van der Waals surface area contributed by atoms with Gasteiger partial charge < -0.3 is 5.32 Å². The largest absolute Gasteiger partial charge is 0.312 e. The summed E-state index contributed by atoms with van der Waals surface area (Å²) < 4.78 is 0. The van der Waals surface area contributed by atoms with Crippen molar-refractivity contribution >= 4 is 22.7 Å². The van der Waals surface area contributed by atoms with Crippen molar-refractivity contribution in [1.82, 2.24) is 10.3 Å². The summed E-state index contributed by atoms with van der Waals surface area (Å²) in [7, 11) is 2.04. The number of nitrogens with one attached hydrogen (secondary N) is 1. The molecule has 1 unspecified atom stereocenters. The van der Waals surface area contributed by atoms with Crippen LogP contribution >= 0.6 is 22.7 Å². The summed E-state index contributed by atoms with van der Waals surface area (Å²) in [6, 6.07) is 4.90. The van der Waals surface area contributed by atoms with Crippen molar-refractivity contribution in [3.8, 4) is 0 Å². The van der Waals surface area contributed by atoms with Crippen LogP contribution in [0.25, 0.3) is 0 Å². The van der Waals surface area contributed by atoms with Crippen LogP contribution in [0.15, 0.2) is 12.1 Å². The molecule has 0 bridgehead atoms. The first kappa shape index (κ1) is 13.7. The van der Waals surface area contributed by atoms with E-state index in [0.29, 0.717) is 6.04 Å². The van der Waals surface area contributed by atoms with Crippen molar-refractivity contribution in [2.24, 2.45) is 0 Å². The SMILES string of the molecule is CCc1ccc(CC(NC)c2sc(C)nc2C)s1. The van der Waals surface area contributed by atoms with Gasteiger partial charge in [0, 0.05) is 27.1 Å². The molecule has 2 nitrogen and oxygen atoms in total. The van der Waals surface area contributed by atoms with Crippen molar-refractivity contribution in [2.45, 2.75) is 39.7 Å². The molecule has 2 heterocycles. The van der Waals surface area contributed by atoms with Crippen LogP contribution < -0.4 is 5.32 Å². The lowest BCUT2D eigenvalue weighted by atomic mass is 10.1. The number of rotatable bonds is 5. The second-order valence-corrected chi connectivity index (χ2v) is 6.94. The van der Waals surface area contributed by atoms with Crippen LogP contribution in [-0.2, 0) is 12.8 Å². The molecule has 1 N–H and O–H groups in total. The number of likely N-dealkylation sites (N-methyl/N-ethyl adjacent to an activating group) is 1. The molecule has 1 atom stereocenters. The van der Waals surface area contributed by atoms with E-state index in [1.54, 1.807) is 0 Å². The van der Waals surface area contributed by atoms with Crippen molar-refractivity contribution in [1.29, 1.82) is 0 Å². The molecule has 0 spiro atoms. The Balaban J connectivity index is 2.16.